The highest BCUT2D eigenvalue weighted by atomic mass is 16.3. The lowest BCUT2D eigenvalue weighted by Crippen LogP contribution is -2.63. The van der Waals surface area contributed by atoms with Gasteiger partial charge in [0.25, 0.3) is 0 Å². The molecule has 3 aromatic rings. The highest BCUT2D eigenvalue weighted by Crippen LogP contribution is 2.50. The Morgan fingerprint density at radius 1 is 1.08 bits per heavy atom. The van der Waals surface area contributed by atoms with Gasteiger partial charge in [0, 0.05) is 79.8 Å². The zero-order valence-electron chi connectivity index (χ0n) is 23.2. The molecule has 0 bridgehead atoms. The number of hydrogen-bond donors (Lipinski definition) is 1. The van der Waals surface area contributed by atoms with Gasteiger partial charge in [-0.05, 0) is 49.1 Å². The number of likely N-dealkylation sites (tertiary alicyclic amines) is 2. The zero-order chi connectivity index (χ0) is 27.1. The predicted octanol–water partition coefficient (Wildman–Crippen LogP) is 4.58. The van der Waals surface area contributed by atoms with E-state index in [1.807, 2.05) is 17.0 Å². The molecule has 2 aliphatic rings. The molecule has 1 aromatic carbocycles. The Kier molecular flexibility index (Phi) is 7.09. The second kappa shape index (κ2) is 10.2. The van der Waals surface area contributed by atoms with Gasteiger partial charge in [0.1, 0.15) is 5.60 Å². The van der Waals surface area contributed by atoms with Crippen molar-refractivity contribution in [2.75, 3.05) is 33.2 Å². The maximum Gasteiger partial charge on any atom is 0.219 e. The second-order valence-corrected chi connectivity index (χ2v) is 11.8. The van der Waals surface area contributed by atoms with Gasteiger partial charge in [0.2, 0.25) is 5.91 Å². The molecule has 1 atom stereocenters. The first-order valence-corrected chi connectivity index (χ1v) is 13.7. The van der Waals surface area contributed by atoms with E-state index in [1.54, 1.807) is 25.5 Å². The minimum Gasteiger partial charge on any atom is -0.380 e. The van der Waals surface area contributed by atoms with Crippen molar-refractivity contribution in [3.8, 4) is 11.4 Å². The molecule has 0 saturated carbocycles. The standard InChI is InChI=1S/C31H39N5O2/c1-21(2)23-6-8-26(9-7-23)31(38,30(4)19-35(5)20-30)27-16-25(17-32-18-27)29-33-13-10-28(34-29)24-11-14-36(15-12-24)22(3)37/h6-10,13,16-18,21,24,38H,11-12,14-15,19-20H2,1-5H3/t31-/m0/s1. The molecule has 1 amide bonds. The SMILES string of the molecule is CC(=O)N1CCC(c2ccnc(-c3cncc([C@@](O)(c4ccc(C(C)C)cc4)C4(C)CN(C)C4)c3)n2)CC1. The van der Waals surface area contributed by atoms with E-state index in [-0.39, 0.29) is 11.3 Å². The average molecular weight is 514 g/mol. The first-order chi connectivity index (χ1) is 18.1. The van der Waals surface area contributed by atoms with Crippen LogP contribution >= 0.6 is 0 Å². The van der Waals surface area contributed by atoms with E-state index in [4.69, 9.17) is 4.98 Å². The van der Waals surface area contributed by atoms with Crippen LogP contribution in [0.5, 0.6) is 0 Å². The summed E-state index contributed by atoms with van der Waals surface area (Å²) in [6, 6.07) is 12.4. The topological polar surface area (TPSA) is 82.5 Å². The van der Waals surface area contributed by atoms with Crippen LogP contribution in [0.3, 0.4) is 0 Å². The second-order valence-electron chi connectivity index (χ2n) is 11.8. The molecule has 2 saturated heterocycles. The Morgan fingerprint density at radius 2 is 1.76 bits per heavy atom. The molecule has 5 rings (SSSR count). The molecule has 2 fully saturated rings. The number of carbonyl (C=O) groups excluding carboxylic acids is 1. The highest BCUT2D eigenvalue weighted by molar-refractivity contribution is 5.73. The smallest absolute Gasteiger partial charge is 0.219 e. The fourth-order valence-electron chi connectivity index (χ4n) is 6.34. The Hall–Kier alpha value is -3.16. The first kappa shape index (κ1) is 26.4. The third-order valence-electron chi connectivity index (χ3n) is 8.56. The Morgan fingerprint density at radius 3 is 2.37 bits per heavy atom. The maximum absolute atomic E-state index is 12.5. The number of nitrogens with zero attached hydrogens (tertiary/aromatic N) is 5. The molecule has 38 heavy (non-hydrogen) atoms. The van der Waals surface area contributed by atoms with Crippen molar-refractivity contribution in [2.45, 2.75) is 58.0 Å². The van der Waals surface area contributed by atoms with Crippen LogP contribution in [0.15, 0.2) is 55.0 Å². The summed E-state index contributed by atoms with van der Waals surface area (Å²) in [5, 5.41) is 12.5. The molecule has 7 nitrogen and oxygen atoms in total. The van der Waals surface area contributed by atoms with Crippen LogP contribution in [0.25, 0.3) is 11.4 Å². The number of carbonyl (C=O) groups is 1. The number of piperidine rings is 1. The highest BCUT2D eigenvalue weighted by Gasteiger charge is 2.55. The Balaban J connectivity index is 1.49. The largest absolute Gasteiger partial charge is 0.380 e. The van der Waals surface area contributed by atoms with E-state index in [1.165, 1.54) is 5.56 Å². The first-order valence-electron chi connectivity index (χ1n) is 13.7. The summed E-state index contributed by atoms with van der Waals surface area (Å²) < 4.78 is 0. The summed E-state index contributed by atoms with van der Waals surface area (Å²) >= 11 is 0. The molecule has 2 aliphatic heterocycles. The van der Waals surface area contributed by atoms with E-state index in [0.29, 0.717) is 17.7 Å². The molecule has 0 aliphatic carbocycles. The Labute approximate surface area is 226 Å². The molecular formula is C31H39N5O2. The van der Waals surface area contributed by atoms with Crippen molar-refractivity contribution >= 4 is 5.91 Å². The number of pyridine rings is 1. The van der Waals surface area contributed by atoms with E-state index in [9.17, 15) is 9.90 Å². The van der Waals surface area contributed by atoms with Gasteiger partial charge in [-0.3, -0.25) is 9.78 Å². The average Bonchev–Trinajstić information content (AvgIpc) is 2.92. The molecule has 0 spiro atoms. The lowest BCUT2D eigenvalue weighted by molar-refractivity contribution is -0.129. The summed E-state index contributed by atoms with van der Waals surface area (Å²) in [4.78, 5) is 29.9. The summed E-state index contributed by atoms with van der Waals surface area (Å²) in [6.07, 6.45) is 7.16. The lowest BCUT2D eigenvalue weighted by atomic mass is 9.62. The van der Waals surface area contributed by atoms with Crippen LogP contribution in [0.1, 0.15) is 74.8 Å². The third kappa shape index (κ3) is 4.74. The van der Waals surface area contributed by atoms with E-state index in [2.05, 4.69) is 67.0 Å². The lowest BCUT2D eigenvalue weighted by Gasteiger charge is -2.55. The van der Waals surface area contributed by atoms with Crippen molar-refractivity contribution in [1.82, 2.24) is 24.8 Å². The van der Waals surface area contributed by atoms with E-state index < -0.39 is 5.60 Å². The summed E-state index contributed by atoms with van der Waals surface area (Å²) in [7, 11) is 2.08. The van der Waals surface area contributed by atoms with Crippen molar-refractivity contribution in [3.05, 3.63) is 77.4 Å². The van der Waals surface area contributed by atoms with Gasteiger partial charge in [0.15, 0.2) is 5.82 Å². The number of rotatable bonds is 6. The zero-order valence-corrected chi connectivity index (χ0v) is 23.2. The third-order valence-corrected chi connectivity index (χ3v) is 8.56. The quantitative estimate of drug-likeness (QED) is 0.520. The molecule has 7 heteroatoms. The molecule has 0 radical (unpaired) electrons. The van der Waals surface area contributed by atoms with E-state index in [0.717, 1.165) is 61.4 Å². The molecular weight excluding hydrogens is 474 g/mol. The van der Waals surface area contributed by atoms with Crippen molar-refractivity contribution < 1.29 is 9.90 Å². The molecule has 1 N–H and O–H groups in total. The van der Waals surface area contributed by atoms with Crippen molar-refractivity contribution in [2.24, 2.45) is 5.41 Å². The number of aliphatic hydroxyl groups is 1. The number of amides is 1. The predicted molar refractivity (Wildman–Crippen MR) is 149 cm³/mol. The van der Waals surface area contributed by atoms with Gasteiger partial charge in [-0.1, -0.05) is 45.0 Å². The normalized spacial score (nSPS) is 19.7. The van der Waals surface area contributed by atoms with Crippen LogP contribution in [0, 0.1) is 5.41 Å². The van der Waals surface area contributed by atoms with Crippen LogP contribution in [-0.2, 0) is 10.4 Å². The fourth-order valence-corrected chi connectivity index (χ4v) is 6.34. The molecule has 200 valence electrons. The molecule has 0 unspecified atom stereocenters. The number of hydrogen-bond acceptors (Lipinski definition) is 6. The van der Waals surface area contributed by atoms with Gasteiger partial charge < -0.3 is 14.9 Å². The van der Waals surface area contributed by atoms with Crippen LogP contribution in [-0.4, -0.2) is 69.0 Å². The van der Waals surface area contributed by atoms with Crippen LogP contribution in [0.4, 0.5) is 0 Å². The molecule has 2 aromatic heterocycles. The van der Waals surface area contributed by atoms with E-state index >= 15 is 0 Å². The van der Waals surface area contributed by atoms with Crippen molar-refractivity contribution in [3.63, 3.8) is 0 Å². The summed E-state index contributed by atoms with van der Waals surface area (Å²) in [6.45, 7) is 11.2. The van der Waals surface area contributed by atoms with Gasteiger partial charge in [-0.2, -0.15) is 0 Å². The fraction of sp³-hybridized carbons (Fsp3) is 0.484. The van der Waals surface area contributed by atoms with Crippen LogP contribution in [0.2, 0.25) is 0 Å². The number of benzene rings is 1. The van der Waals surface area contributed by atoms with Crippen LogP contribution < -0.4 is 0 Å². The monoisotopic (exact) mass is 513 g/mol. The minimum absolute atomic E-state index is 0.132. The maximum atomic E-state index is 12.5. The number of aromatic nitrogens is 3. The molecule has 4 heterocycles. The summed E-state index contributed by atoms with van der Waals surface area (Å²) in [5.41, 5.74) is 3.09. The minimum atomic E-state index is -1.21. The van der Waals surface area contributed by atoms with Gasteiger partial charge in [-0.15, -0.1) is 0 Å². The summed E-state index contributed by atoms with van der Waals surface area (Å²) in [5.74, 6) is 1.46. The van der Waals surface area contributed by atoms with Gasteiger partial charge in [-0.25, -0.2) is 9.97 Å². The van der Waals surface area contributed by atoms with Crippen molar-refractivity contribution in [1.29, 1.82) is 0 Å². The van der Waals surface area contributed by atoms with Gasteiger partial charge >= 0.3 is 0 Å². The van der Waals surface area contributed by atoms with Gasteiger partial charge in [0.05, 0.1) is 0 Å². The Bertz CT molecular complexity index is 1290.